The third-order valence-corrected chi connectivity index (χ3v) is 2.79. The predicted octanol–water partition coefficient (Wildman–Crippen LogP) is 0.486. The number of nitrogens with zero attached hydrogens (tertiary/aromatic N) is 5. The van der Waals surface area contributed by atoms with Crippen LogP contribution in [0.5, 0.6) is 0 Å². The van der Waals surface area contributed by atoms with Crippen molar-refractivity contribution in [2.75, 3.05) is 22.6 Å². The van der Waals surface area contributed by atoms with Gasteiger partial charge in [0.15, 0.2) is 0 Å². The second-order valence-electron chi connectivity index (χ2n) is 4.35. The van der Waals surface area contributed by atoms with E-state index in [9.17, 15) is 20.2 Å². The van der Waals surface area contributed by atoms with Gasteiger partial charge >= 0.3 is 5.69 Å². The molecule has 2 aromatic rings. The summed E-state index contributed by atoms with van der Waals surface area (Å²) in [5, 5.41) is 25.4. The van der Waals surface area contributed by atoms with E-state index in [2.05, 4.69) is 20.5 Å². The van der Waals surface area contributed by atoms with Crippen LogP contribution in [-0.2, 0) is 0 Å². The second kappa shape index (κ2) is 6.39. The highest BCUT2D eigenvalue weighted by Crippen LogP contribution is 2.28. The van der Waals surface area contributed by atoms with Crippen LogP contribution in [0.15, 0.2) is 23.3 Å². The van der Waals surface area contributed by atoms with Crippen molar-refractivity contribution in [2.24, 2.45) is 5.10 Å². The Balaban J connectivity index is 2.29. The summed E-state index contributed by atoms with van der Waals surface area (Å²) in [6.45, 7) is 0. The summed E-state index contributed by atoms with van der Waals surface area (Å²) in [4.78, 5) is 27.5. The van der Waals surface area contributed by atoms with Crippen LogP contribution >= 0.6 is 0 Å². The van der Waals surface area contributed by atoms with Gasteiger partial charge in [0.05, 0.1) is 27.7 Å². The van der Waals surface area contributed by atoms with Crippen LogP contribution in [0.1, 0.15) is 5.56 Å². The highest BCUT2D eigenvalue weighted by atomic mass is 16.6. The Hall–Kier alpha value is -4.03. The lowest BCUT2D eigenvalue weighted by Crippen LogP contribution is -2.08. The minimum Gasteiger partial charge on any atom is -0.383 e. The molecule has 13 nitrogen and oxygen atoms in total. The first-order valence-electron chi connectivity index (χ1n) is 6.20. The molecular weight excluding hydrogens is 322 g/mol. The van der Waals surface area contributed by atoms with E-state index in [1.165, 1.54) is 0 Å². The number of nitro groups is 2. The van der Waals surface area contributed by atoms with Gasteiger partial charge in [-0.3, -0.25) is 25.7 Å². The van der Waals surface area contributed by atoms with E-state index in [0.717, 1.165) is 24.4 Å². The molecule has 0 atom stereocenters. The first kappa shape index (κ1) is 16.3. The fourth-order valence-electron chi connectivity index (χ4n) is 1.70. The van der Waals surface area contributed by atoms with E-state index in [1.807, 2.05) is 0 Å². The van der Waals surface area contributed by atoms with Crippen molar-refractivity contribution >= 4 is 40.9 Å². The summed E-state index contributed by atoms with van der Waals surface area (Å²) in [6.07, 6.45) is 1.15. The number of nitrogens with two attached hydrogens (primary N) is 3. The van der Waals surface area contributed by atoms with E-state index in [1.54, 1.807) is 0 Å². The molecule has 0 saturated carbocycles. The fourth-order valence-corrected chi connectivity index (χ4v) is 1.70. The molecule has 0 saturated heterocycles. The van der Waals surface area contributed by atoms with E-state index < -0.39 is 21.2 Å². The highest BCUT2D eigenvalue weighted by Gasteiger charge is 2.19. The third-order valence-electron chi connectivity index (χ3n) is 2.79. The van der Waals surface area contributed by atoms with Crippen molar-refractivity contribution < 1.29 is 9.85 Å². The molecule has 1 heterocycles. The van der Waals surface area contributed by atoms with Crippen molar-refractivity contribution in [3.8, 4) is 0 Å². The van der Waals surface area contributed by atoms with Crippen LogP contribution < -0.4 is 22.6 Å². The Bertz CT molecular complexity index is 828. The lowest BCUT2D eigenvalue weighted by molar-refractivity contribution is -0.393. The van der Waals surface area contributed by atoms with Crippen LogP contribution in [0.25, 0.3) is 0 Å². The van der Waals surface area contributed by atoms with Gasteiger partial charge in [0, 0.05) is 6.07 Å². The largest absolute Gasteiger partial charge is 0.383 e. The van der Waals surface area contributed by atoms with Gasteiger partial charge < -0.3 is 17.2 Å². The first-order chi connectivity index (χ1) is 11.3. The number of anilines is 4. The third kappa shape index (κ3) is 3.41. The molecule has 0 fully saturated rings. The Morgan fingerprint density at radius 2 is 1.71 bits per heavy atom. The summed E-state index contributed by atoms with van der Waals surface area (Å²) >= 11 is 0. The summed E-state index contributed by atoms with van der Waals surface area (Å²) in [6, 6.07) is 3.06. The minimum atomic E-state index is -0.778. The zero-order chi connectivity index (χ0) is 17.9. The van der Waals surface area contributed by atoms with Gasteiger partial charge in [0.1, 0.15) is 17.3 Å². The van der Waals surface area contributed by atoms with Gasteiger partial charge in [-0.15, -0.1) is 0 Å². The number of non-ortho nitro benzene ring substituents is 1. The van der Waals surface area contributed by atoms with Gasteiger partial charge in [-0.25, -0.2) is 0 Å². The molecule has 13 heteroatoms. The molecule has 0 aliphatic carbocycles. The predicted molar refractivity (Wildman–Crippen MR) is 86.2 cm³/mol. The molecule has 0 radical (unpaired) electrons. The smallest absolute Gasteiger partial charge is 0.301 e. The standard InChI is InChI=1S/C11H11N9O4/c12-9-6(10(13)17-11(14)16-9)4-15-18-7-2-1-5(19(21)22)3-8(7)20(23)24/h1-4,18H,(H6,12,13,14,16,17)/b15-4-. The van der Waals surface area contributed by atoms with E-state index in [4.69, 9.17) is 17.2 Å². The number of nitrogens with one attached hydrogen (secondary N) is 1. The number of rotatable bonds is 5. The number of nitro benzene ring substituents is 2. The van der Waals surface area contributed by atoms with Crippen molar-refractivity contribution in [1.82, 2.24) is 9.97 Å². The molecule has 0 aliphatic rings. The Kier molecular flexibility index (Phi) is 4.35. The Morgan fingerprint density at radius 1 is 1.08 bits per heavy atom. The number of hydrogen-bond acceptors (Lipinski definition) is 11. The summed E-state index contributed by atoms with van der Waals surface area (Å²) in [5.74, 6) is -0.159. The minimum absolute atomic E-state index is 0.0243. The van der Waals surface area contributed by atoms with Crippen LogP contribution in [0.2, 0.25) is 0 Å². The topological polar surface area (TPSA) is 215 Å². The summed E-state index contributed by atoms with van der Waals surface area (Å²) in [7, 11) is 0. The molecule has 1 aromatic carbocycles. The summed E-state index contributed by atoms with van der Waals surface area (Å²) in [5.41, 5.74) is 18.2. The van der Waals surface area contributed by atoms with Gasteiger partial charge in [0.25, 0.3) is 5.69 Å². The Morgan fingerprint density at radius 3 is 2.25 bits per heavy atom. The normalized spacial score (nSPS) is 10.7. The molecule has 0 amide bonds. The quantitative estimate of drug-likeness (QED) is 0.337. The number of nitrogen functional groups attached to an aromatic ring is 3. The average molecular weight is 333 g/mol. The highest BCUT2D eigenvalue weighted by molar-refractivity contribution is 5.92. The molecule has 0 aliphatic heterocycles. The number of benzene rings is 1. The van der Waals surface area contributed by atoms with Gasteiger partial charge in [-0.1, -0.05) is 0 Å². The first-order valence-corrected chi connectivity index (χ1v) is 6.20. The number of hydrogen-bond donors (Lipinski definition) is 4. The van der Waals surface area contributed by atoms with Crippen LogP contribution in [-0.4, -0.2) is 26.0 Å². The SMILES string of the molecule is Nc1nc(N)c(/C=N\Nc2ccc([N+](=O)[O-])cc2[N+](=O)[O-])c(N)n1. The van der Waals surface area contributed by atoms with Crippen molar-refractivity contribution in [2.45, 2.75) is 0 Å². The van der Waals surface area contributed by atoms with E-state index in [-0.39, 0.29) is 28.8 Å². The summed E-state index contributed by atoms with van der Waals surface area (Å²) < 4.78 is 0. The molecule has 124 valence electrons. The Labute approximate surface area is 133 Å². The van der Waals surface area contributed by atoms with Gasteiger partial charge in [-0.05, 0) is 6.07 Å². The lowest BCUT2D eigenvalue weighted by Gasteiger charge is -2.04. The fraction of sp³-hybridized carbons (Fsp3) is 0. The molecule has 0 unspecified atom stereocenters. The number of hydrazone groups is 1. The maximum Gasteiger partial charge on any atom is 0.301 e. The van der Waals surface area contributed by atoms with Crippen LogP contribution in [0.3, 0.4) is 0 Å². The maximum atomic E-state index is 11.0. The molecule has 0 bridgehead atoms. The van der Waals surface area contributed by atoms with Crippen molar-refractivity contribution in [1.29, 1.82) is 0 Å². The second-order valence-corrected chi connectivity index (χ2v) is 4.35. The molecule has 0 spiro atoms. The zero-order valence-electron chi connectivity index (χ0n) is 11.9. The molecule has 24 heavy (non-hydrogen) atoms. The van der Waals surface area contributed by atoms with Gasteiger partial charge in [0.2, 0.25) is 5.95 Å². The van der Waals surface area contributed by atoms with E-state index in [0.29, 0.717) is 0 Å². The monoisotopic (exact) mass is 333 g/mol. The van der Waals surface area contributed by atoms with Crippen LogP contribution in [0, 0.1) is 20.2 Å². The number of aromatic nitrogens is 2. The van der Waals surface area contributed by atoms with E-state index >= 15 is 0 Å². The van der Waals surface area contributed by atoms with Crippen molar-refractivity contribution in [3.05, 3.63) is 44.0 Å². The van der Waals surface area contributed by atoms with Gasteiger partial charge in [-0.2, -0.15) is 15.1 Å². The van der Waals surface area contributed by atoms with Crippen molar-refractivity contribution in [3.63, 3.8) is 0 Å². The molecule has 2 rings (SSSR count). The van der Waals surface area contributed by atoms with Crippen LogP contribution in [0.4, 0.5) is 34.6 Å². The maximum absolute atomic E-state index is 11.0. The molecule has 7 N–H and O–H groups in total. The zero-order valence-corrected chi connectivity index (χ0v) is 11.9. The molecule has 1 aromatic heterocycles. The molecular formula is C11H11N9O4. The average Bonchev–Trinajstić information content (AvgIpc) is 2.49. The lowest BCUT2D eigenvalue weighted by atomic mass is 10.2.